The van der Waals surface area contributed by atoms with Gasteiger partial charge in [-0.05, 0) is 66.4 Å². The number of rotatable bonds is 7. The van der Waals surface area contributed by atoms with Crippen LogP contribution in [0, 0.1) is 6.92 Å². The first kappa shape index (κ1) is 22.4. The first-order valence-corrected chi connectivity index (χ1v) is 11.0. The standard InChI is InChI=1S/C28H22ClNO3/c1-18-4-2-7-25(28(32)33)24(18)14-15-27(31)21-6-3-5-19(16-21)8-12-23-13-10-20-9-11-22(29)17-26(20)30-23/h2-13,16-17H,14-15H2,1H3,(H,32,33). The van der Waals surface area contributed by atoms with Crippen molar-refractivity contribution in [2.24, 2.45) is 0 Å². The molecule has 4 aromatic rings. The molecule has 4 rings (SSSR count). The zero-order valence-corrected chi connectivity index (χ0v) is 18.8. The van der Waals surface area contributed by atoms with Crippen LogP contribution in [0.4, 0.5) is 0 Å². The summed E-state index contributed by atoms with van der Waals surface area (Å²) in [5.41, 5.74) is 4.94. The summed E-state index contributed by atoms with van der Waals surface area (Å²) in [5.74, 6) is -0.999. The number of Topliss-reactive ketones (excluding diaryl/α,β-unsaturated/α-hetero) is 1. The molecule has 0 atom stereocenters. The summed E-state index contributed by atoms with van der Waals surface area (Å²) < 4.78 is 0. The smallest absolute Gasteiger partial charge is 0.335 e. The molecule has 0 bridgehead atoms. The number of ketones is 1. The van der Waals surface area contributed by atoms with Crippen molar-refractivity contribution in [3.05, 3.63) is 111 Å². The molecular formula is C28H22ClNO3. The quantitative estimate of drug-likeness (QED) is 0.308. The number of pyridine rings is 1. The highest BCUT2D eigenvalue weighted by Gasteiger charge is 2.14. The van der Waals surface area contributed by atoms with E-state index < -0.39 is 5.97 Å². The number of benzene rings is 3. The van der Waals surface area contributed by atoms with Crippen molar-refractivity contribution in [2.45, 2.75) is 19.8 Å². The summed E-state index contributed by atoms with van der Waals surface area (Å²) in [4.78, 5) is 28.9. The normalized spacial score (nSPS) is 11.2. The van der Waals surface area contributed by atoms with E-state index in [4.69, 9.17) is 11.6 Å². The summed E-state index contributed by atoms with van der Waals surface area (Å²) in [6.45, 7) is 1.87. The molecule has 0 saturated heterocycles. The predicted octanol–water partition coefficient (Wildman–Crippen LogP) is 6.88. The monoisotopic (exact) mass is 455 g/mol. The van der Waals surface area contributed by atoms with E-state index >= 15 is 0 Å². The van der Waals surface area contributed by atoms with Gasteiger partial charge in [-0.3, -0.25) is 4.79 Å². The minimum absolute atomic E-state index is 0.0247. The van der Waals surface area contributed by atoms with E-state index in [1.807, 2.05) is 73.7 Å². The topological polar surface area (TPSA) is 67.3 Å². The van der Waals surface area contributed by atoms with E-state index in [0.29, 0.717) is 22.6 Å². The predicted molar refractivity (Wildman–Crippen MR) is 133 cm³/mol. The molecule has 0 fully saturated rings. The Labute approximate surface area is 197 Å². The van der Waals surface area contributed by atoms with Crippen molar-refractivity contribution in [3.8, 4) is 0 Å². The molecule has 5 heteroatoms. The van der Waals surface area contributed by atoms with Crippen molar-refractivity contribution in [1.29, 1.82) is 0 Å². The molecule has 0 radical (unpaired) electrons. The van der Waals surface area contributed by atoms with E-state index in [0.717, 1.165) is 27.7 Å². The fourth-order valence-corrected chi connectivity index (χ4v) is 3.98. The Hall–Kier alpha value is -3.76. The Bertz CT molecular complexity index is 1390. The second kappa shape index (κ2) is 9.80. The Kier molecular flexibility index (Phi) is 6.66. The largest absolute Gasteiger partial charge is 0.478 e. The molecule has 0 aliphatic heterocycles. The lowest BCUT2D eigenvalue weighted by Gasteiger charge is -2.09. The van der Waals surface area contributed by atoms with Crippen molar-refractivity contribution < 1.29 is 14.7 Å². The third kappa shape index (κ3) is 5.36. The number of carboxylic acid groups (broad SMARTS) is 1. The highest BCUT2D eigenvalue weighted by atomic mass is 35.5. The number of fused-ring (bicyclic) bond motifs is 1. The van der Waals surface area contributed by atoms with Crippen LogP contribution in [-0.2, 0) is 6.42 Å². The molecule has 0 aliphatic carbocycles. The minimum atomic E-state index is -0.974. The average Bonchev–Trinajstić information content (AvgIpc) is 2.81. The third-order valence-corrected chi connectivity index (χ3v) is 5.81. The van der Waals surface area contributed by atoms with Gasteiger partial charge in [0.2, 0.25) is 0 Å². The van der Waals surface area contributed by atoms with Gasteiger partial charge in [-0.25, -0.2) is 9.78 Å². The summed E-state index contributed by atoms with van der Waals surface area (Å²) in [6.07, 6.45) is 4.44. The van der Waals surface area contributed by atoms with Crippen LogP contribution in [0.5, 0.6) is 0 Å². The van der Waals surface area contributed by atoms with Crippen LogP contribution < -0.4 is 0 Å². The molecule has 4 nitrogen and oxygen atoms in total. The molecule has 0 amide bonds. The van der Waals surface area contributed by atoms with Gasteiger partial charge >= 0.3 is 5.97 Å². The van der Waals surface area contributed by atoms with Gasteiger partial charge in [0.1, 0.15) is 0 Å². The lowest BCUT2D eigenvalue weighted by molar-refractivity contribution is 0.0694. The lowest BCUT2D eigenvalue weighted by Crippen LogP contribution is -2.08. The molecule has 0 saturated carbocycles. The first-order chi connectivity index (χ1) is 15.9. The second-order valence-corrected chi connectivity index (χ2v) is 8.30. The second-order valence-electron chi connectivity index (χ2n) is 7.86. The van der Waals surface area contributed by atoms with Gasteiger partial charge in [0.25, 0.3) is 0 Å². The number of aromatic carboxylic acids is 1. The third-order valence-electron chi connectivity index (χ3n) is 5.57. The van der Waals surface area contributed by atoms with E-state index in [1.165, 1.54) is 0 Å². The summed E-state index contributed by atoms with van der Waals surface area (Å²) >= 11 is 6.07. The van der Waals surface area contributed by atoms with Crippen LogP contribution in [0.1, 0.15) is 49.5 Å². The van der Waals surface area contributed by atoms with Crippen LogP contribution in [0.2, 0.25) is 5.02 Å². The van der Waals surface area contributed by atoms with Gasteiger partial charge in [0, 0.05) is 22.4 Å². The van der Waals surface area contributed by atoms with Crippen molar-refractivity contribution in [2.75, 3.05) is 0 Å². The number of carbonyl (C=O) groups excluding carboxylic acids is 1. The van der Waals surface area contributed by atoms with Gasteiger partial charge in [-0.15, -0.1) is 0 Å². The average molecular weight is 456 g/mol. The van der Waals surface area contributed by atoms with E-state index in [2.05, 4.69) is 4.98 Å². The highest BCUT2D eigenvalue weighted by Crippen LogP contribution is 2.20. The molecule has 0 spiro atoms. The number of carbonyl (C=O) groups is 2. The Balaban J connectivity index is 1.49. The van der Waals surface area contributed by atoms with Gasteiger partial charge in [0.15, 0.2) is 5.78 Å². The van der Waals surface area contributed by atoms with Crippen LogP contribution >= 0.6 is 11.6 Å². The van der Waals surface area contributed by atoms with Gasteiger partial charge in [-0.1, -0.05) is 60.1 Å². The van der Waals surface area contributed by atoms with Gasteiger partial charge in [-0.2, -0.15) is 0 Å². The van der Waals surface area contributed by atoms with Gasteiger partial charge < -0.3 is 5.11 Å². The van der Waals surface area contributed by atoms with Crippen LogP contribution in [0.15, 0.2) is 72.8 Å². The Morgan fingerprint density at radius 1 is 0.970 bits per heavy atom. The molecule has 33 heavy (non-hydrogen) atoms. The summed E-state index contributed by atoms with van der Waals surface area (Å²) in [7, 11) is 0. The molecule has 0 unspecified atom stereocenters. The van der Waals surface area contributed by atoms with Crippen LogP contribution in [-0.4, -0.2) is 21.8 Å². The van der Waals surface area contributed by atoms with Crippen LogP contribution in [0.25, 0.3) is 23.1 Å². The van der Waals surface area contributed by atoms with E-state index in [-0.39, 0.29) is 17.8 Å². The van der Waals surface area contributed by atoms with Crippen molar-refractivity contribution in [3.63, 3.8) is 0 Å². The first-order valence-electron chi connectivity index (χ1n) is 10.6. The number of carboxylic acids is 1. The summed E-state index contributed by atoms with van der Waals surface area (Å²) in [5, 5.41) is 11.1. The Morgan fingerprint density at radius 2 is 1.76 bits per heavy atom. The summed E-state index contributed by atoms with van der Waals surface area (Å²) in [6, 6.07) is 22.1. The molecule has 164 valence electrons. The maximum Gasteiger partial charge on any atom is 0.335 e. The maximum atomic E-state index is 12.8. The molecule has 3 aromatic carbocycles. The van der Waals surface area contributed by atoms with Gasteiger partial charge in [0.05, 0.1) is 16.8 Å². The number of hydrogen-bond acceptors (Lipinski definition) is 3. The number of hydrogen-bond donors (Lipinski definition) is 1. The number of nitrogens with zero attached hydrogens (tertiary/aromatic N) is 1. The van der Waals surface area contributed by atoms with Crippen molar-refractivity contribution in [1.82, 2.24) is 4.98 Å². The molecule has 1 aromatic heterocycles. The van der Waals surface area contributed by atoms with E-state index in [1.54, 1.807) is 18.2 Å². The Morgan fingerprint density at radius 3 is 2.58 bits per heavy atom. The fourth-order valence-electron chi connectivity index (χ4n) is 3.81. The minimum Gasteiger partial charge on any atom is -0.478 e. The number of aryl methyl sites for hydroxylation is 1. The van der Waals surface area contributed by atoms with Crippen molar-refractivity contribution >= 4 is 46.4 Å². The molecular weight excluding hydrogens is 434 g/mol. The zero-order chi connectivity index (χ0) is 23.4. The molecule has 1 heterocycles. The van der Waals surface area contributed by atoms with Crippen LogP contribution in [0.3, 0.4) is 0 Å². The molecule has 0 aliphatic rings. The SMILES string of the molecule is Cc1cccc(C(=O)O)c1CCC(=O)c1cccc(C=Cc2ccc3ccc(Cl)cc3n2)c1. The number of halogens is 1. The highest BCUT2D eigenvalue weighted by molar-refractivity contribution is 6.31. The lowest BCUT2D eigenvalue weighted by atomic mass is 9.95. The maximum absolute atomic E-state index is 12.8. The fraction of sp³-hybridized carbons (Fsp3) is 0.107. The number of aromatic nitrogens is 1. The zero-order valence-electron chi connectivity index (χ0n) is 18.1. The molecule has 1 N–H and O–H groups in total. The van der Waals surface area contributed by atoms with E-state index in [9.17, 15) is 14.7 Å².